The van der Waals surface area contributed by atoms with E-state index in [1.54, 1.807) is 23.0 Å². The number of aryl methyl sites for hydroxylation is 2. The first kappa shape index (κ1) is 50.1. The molecular formula is C49H50Cl2N12O7. The highest BCUT2D eigenvalue weighted by atomic mass is 35.5. The number of aromatic nitrogens is 12. The monoisotopic (exact) mass is 988 g/mol. The fourth-order valence-corrected chi connectivity index (χ4v) is 8.06. The smallest absolute Gasteiger partial charge is 0.476 e. The summed E-state index contributed by atoms with van der Waals surface area (Å²) < 4.78 is 18.3. The van der Waals surface area contributed by atoms with Gasteiger partial charge in [0.05, 0.1) is 6.10 Å². The number of nitrogens with one attached hydrogen (secondary N) is 2. The Morgan fingerprint density at radius 1 is 0.629 bits per heavy atom. The second-order valence-corrected chi connectivity index (χ2v) is 16.8. The third-order valence-corrected chi connectivity index (χ3v) is 11.4. The summed E-state index contributed by atoms with van der Waals surface area (Å²) >= 11 is 12.5. The lowest BCUT2D eigenvalue weighted by Gasteiger charge is -2.13. The molecule has 0 fully saturated rings. The number of esters is 1. The molecular weight excluding hydrogens is 940 g/mol. The van der Waals surface area contributed by atoms with Gasteiger partial charge in [0.1, 0.15) is 11.6 Å². The molecule has 70 heavy (non-hydrogen) atoms. The summed E-state index contributed by atoms with van der Waals surface area (Å²) in [6.45, 7) is 7.64. The molecule has 0 atom stereocenters. The normalized spacial score (nSPS) is 11.0. The van der Waals surface area contributed by atoms with E-state index in [4.69, 9.17) is 37.4 Å². The van der Waals surface area contributed by atoms with E-state index in [2.05, 4.69) is 65.1 Å². The quantitative estimate of drug-likeness (QED) is 0.0504. The molecule has 0 bridgehead atoms. The van der Waals surface area contributed by atoms with E-state index in [0.29, 0.717) is 49.2 Å². The second-order valence-electron chi connectivity index (χ2n) is 16.1. The molecule has 0 spiro atoms. The third kappa shape index (κ3) is 12.5. The summed E-state index contributed by atoms with van der Waals surface area (Å²) in [4.78, 5) is 45.0. The van der Waals surface area contributed by atoms with Gasteiger partial charge in [-0.3, -0.25) is 0 Å². The summed E-state index contributed by atoms with van der Waals surface area (Å²) in [5, 5.41) is 38.3. The Kier molecular flexibility index (Phi) is 17.2. The number of unbranched alkanes of at least 4 members (excludes halogenated alkanes) is 2. The largest absolute Gasteiger partial charge is 0.511 e. The number of H-pyrrole nitrogens is 2. The first-order valence-electron chi connectivity index (χ1n) is 22.5. The van der Waals surface area contributed by atoms with Crippen molar-refractivity contribution < 1.29 is 33.7 Å². The van der Waals surface area contributed by atoms with Gasteiger partial charge in [0, 0.05) is 37.1 Å². The van der Waals surface area contributed by atoms with E-state index >= 15 is 0 Å². The molecule has 8 aromatic rings. The number of benzene rings is 4. The number of hydrogen-bond acceptors (Lipinski definition) is 14. The average molecular weight is 990 g/mol. The van der Waals surface area contributed by atoms with Crippen molar-refractivity contribution in [3.63, 3.8) is 0 Å². The lowest BCUT2D eigenvalue weighted by molar-refractivity contribution is -0.0350. The zero-order chi connectivity index (χ0) is 49.6. The Balaban J connectivity index is 0.000000212. The van der Waals surface area contributed by atoms with E-state index < -0.39 is 24.9 Å². The molecule has 0 saturated heterocycles. The highest BCUT2D eigenvalue weighted by Crippen LogP contribution is 2.32. The lowest BCUT2D eigenvalue weighted by atomic mass is 9.98. The molecule has 0 aliphatic carbocycles. The number of nitrogens with zero attached hydrogens (tertiary/aromatic N) is 10. The lowest BCUT2D eigenvalue weighted by Crippen LogP contribution is -2.19. The fraction of sp³-hybridized carbons (Fsp3) is 0.286. The molecule has 0 saturated carbocycles. The van der Waals surface area contributed by atoms with Crippen molar-refractivity contribution in [1.29, 1.82) is 0 Å². The van der Waals surface area contributed by atoms with Gasteiger partial charge in [0.25, 0.3) is 0 Å². The maximum Gasteiger partial charge on any atom is 0.511 e. The van der Waals surface area contributed by atoms with E-state index in [0.717, 1.165) is 70.2 Å². The number of carbonyl (C=O) groups is 3. The first-order chi connectivity index (χ1) is 33.9. The van der Waals surface area contributed by atoms with Gasteiger partial charge >= 0.3 is 18.1 Å². The number of halogens is 2. The minimum atomic E-state index is -1.08. The molecule has 4 aromatic heterocycles. The number of aromatic carboxylic acids is 1. The Labute approximate surface area is 412 Å². The van der Waals surface area contributed by atoms with Crippen molar-refractivity contribution >= 4 is 41.3 Å². The Morgan fingerprint density at radius 3 is 1.49 bits per heavy atom. The van der Waals surface area contributed by atoms with Gasteiger partial charge in [-0.2, -0.15) is 10.4 Å². The van der Waals surface area contributed by atoms with E-state index in [1.807, 2.05) is 97.1 Å². The standard InChI is InChI=1S/C27H29ClN6O5.C22H21ClN6O2/c1-4-5-10-22-29-24(28)23(26(35)37-16-38-27(36)39-17(2)3)34(22)15-18-11-13-19(14-12-18)20-8-6-7-9-21(20)25-30-32-33-31-25;1-2-3-8-18-24-20(23)19(22(30)31)29(18)13-14-9-11-15(12-10-14)16-6-4-5-7-17(16)21-25-27-28-26-21/h6-9,11-14,17H,4-5,10,15-16H2,1-3H3,(H,30,31,32,33);4-7,9-12H,2-3,8,13H2,1H3,(H,30,31)(H,25,26,27,28). The van der Waals surface area contributed by atoms with Crippen molar-refractivity contribution in [2.45, 2.75) is 85.4 Å². The van der Waals surface area contributed by atoms with Gasteiger partial charge in [-0.1, -0.05) is 147 Å². The number of hydrogen-bond donors (Lipinski definition) is 3. The van der Waals surface area contributed by atoms with Gasteiger partial charge in [-0.25, -0.2) is 24.4 Å². The molecule has 0 aliphatic rings. The van der Waals surface area contributed by atoms with Crippen molar-refractivity contribution in [3.05, 3.63) is 142 Å². The van der Waals surface area contributed by atoms with Crippen LogP contribution in [0, 0.1) is 0 Å². The first-order valence-corrected chi connectivity index (χ1v) is 23.3. The minimum Gasteiger partial charge on any atom is -0.476 e. The zero-order valence-electron chi connectivity index (χ0n) is 38.8. The number of aromatic amines is 2. The van der Waals surface area contributed by atoms with Crippen LogP contribution >= 0.6 is 23.2 Å². The molecule has 0 aliphatic heterocycles. The van der Waals surface area contributed by atoms with E-state index in [-0.39, 0.29) is 27.8 Å². The molecule has 0 amide bonds. The van der Waals surface area contributed by atoms with Crippen LogP contribution in [0.1, 0.15) is 97.1 Å². The molecule has 0 unspecified atom stereocenters. The molecule has 0 radical (unpaired) electrons. The number of carboxylic acid groups (broad SMARTS) is 1. The number of tetrazole rings is 2. The molecule has 8 rings (SSSR count). The van der Waals surface area contributed by atoms with Crippen molar-refractivity contribution in [2.24, 2.45) is 0 Å². The molecule has 362 valence electrons. The molecule has 4 heterocycles. The number of rotatable bonds is 19. The predicted molar refractivity (Wildman–Crippen MR) is 260 cm³/mol. The number of ether oxygens (including phenoxy) is 3. The third-order valence-electron chi connectivity index (χ3n) is 10.8. The Hall–Kier alpha value is -7.77. The SMILES string of the molecule is CCCCc1nc(Cl)c(C(=O)O)n1Cc1ccc(-c2ccccc2-c2nn[nH]n2)cc1.CCCCc1nc(Cl)c(C(=O)OCOC(=O)OC(C)C)n1Cc1ccc(-c2ccccc2-c2nn[nH]n2)cc1. The van der Waals surface area contributed by atoms with Gasteiger partial charge in [-0.05, 0) is 70.5 Å². The van der Waals surface area contributed by atoms with Crippen LogP contribution in [0.25, 0.3) is 45.0 Å². The summed E-state index contributed by atoms with van der Waals surface area (Å²) in [7, 11) is 0. The fourth-order valence-electron chi connectivity index (χ4n) is 7.51. The number of carboxylic acids is 1. The van der Waals surface area contributed by atoms with Crippen molar-refractivity contribution in [1.82, 2.24) is 60.4 Å². The maximum absolute atomic E-state index is 12.9. The number of imidazole rings is 2. The van der Waals surface area contributed by atoms with Crippen LogP contribution in [0.4, 0.5) is 4.79 Å². The maximum atomic E-state index is 12.9. The Morgan fingerprint density at radius 2 is 1.07 bits per heavy atom. The highest BCUT2D eigenvalue weighted by molar-refractivity contribution is 6.32. The summed E-state index contributed by atoms with van der Waals surface area (Å²) in [5.74, 6) is 0.563. The Bertz CT molecular complexity index is 2990. The van der Waals surface area contributed by atoms with Crippen molar-refractivity contribution in [2.75, 3.05) is 6.79 Å². The van der Waals surface area contributed by atoms with Gasteiger partial charge < -0.3 is 28.5 Å². The van der Waals surface area contributed by atoms with Gasteiger partial charge in [0.15, 0.2) is 21.7 Å². The van der Waals surface area contributed by atoms with Gasteiger partial charge in [-0.15, -0.1) is 20.4 Å². The van der Waals surface area contributed by atoms with Crippen LogP contribution in [0.5, 0.6) is 0 Å². The van der Waals surface area contributed by atoms with Crippen molar-refractivity contribution in [3.8, 4) is 45.0 Å². The van der Waals surface area contributed by atoms with Crippen LogP contribution in [0.15, 0.2) is 97.1 Å². The van der Waals surface area contributed by atoms with Crippen LogP contribution in [-0.4, -0.2) is 96.4 Å². The molecule has 3 N–H and O–H groups in total. The second kappa shape index (κ2) is 24.0. The topological polar surface area (TPSA) is 244 Å². The summed E-state index contributed by atoms with van der Waals surface area (Å²) in [5.41, 5.74) is 7.64. The van der Waals surface area contributed by atoms with E-state index in [1.165, 1.54) is 0 Å². The van der Waals surface area contributed by atoms with E-state index in [9.17, 15) is 19.5 Å². The average Bonchev–Trinajstić information content (AvgIpc) is 4.19. The predicted octanol–water partition coefficient (Wildman–Crippen LogP) is 9.92. The van der Waals surface area contributed by atoms with Crippen LogP contribution < -0.4 is 0 Å². The summed E-state index contributed by atoms with van der Waals surface area (Å²) in [6.07, 6.45) is 3.75. The van der Waals surface area contributed by atoms with Crippen LogP contribution in [0.2, 0.25) is 10.3 Å². The summed E-state index contributed by atoms with van der Waals surface area (Å²) in [6, 6.07) is 31.5. The highest BCUT2D eigenvalue weighted by Gasteiger charge is 2.25. The van der Waals surface area contributed by atoms with Crippen LogP contribution in [-0.2, 0) is 40.1 Å². The number of carbonyl (C=O) groups excluding carboxylic acids is 2. The molecule has 19 nitrogen and oxygen atoms in total. The molecule has 21 heteroatoms. The molecule has 4 aromatic carbocycles. The zero-order valence-corrected chi connectivity index (χ0v) is 40.3. The minimum absolute atomic E-state index is 0.0271. The van der Waals surface area contributed by atoms with Gasteiger partial charge in [0.2, 0.25) is 18.4 Å². The van der Waals surface area contributed by atoms with Crippen LogP contribution in [0.3, 0.4) is 0 Å².